The van der Waals surface area contributed by atoms with E-state index in [2.05, 4.69) is 193 Å². The fourth-order valence-corrected chi connectivity index (χ4v) is 7.92. The molecule has 0 amide bonds. The maximum Gasteiger partial charge on any atom is 0.0974 e. The van der Waals surface area contributed by atoms with Gasteiger partial charge in [-0.05, 0) is 81.8 Å². The largest absolute Gasteiger partial charge is 0.512 e. The summed E-state index contributed by atoms with van der Waals surface area (Å²) < 4.78 is 0. The van der Waals surface area contributed by atoms with E-state index >= 15 is 0 Å². The SMILES string of the molecule is C=C/C(=C1\C(=C(/C)O)c2ccccc2C1(c1ccccc1)c1ccccc1)N(c1ccc(-c2ccccc2)cc1)c1ccc(-c2ccccc2)cc1. The Hall–Kier alpha value is -6.64. The lowest BCUT2D eigenvalue weighted by Crippen LogP contribution is -2.32. The van der Waals surface area contributed by atoms with Crippen molar-refractivity contribution in [3.05, 3.63) is 246 Å². The second-order valence-corrected chi connectivity index (χ2v) is 13.1. The first-order valence-corrected chi connectivity index (χ1v) is 17.7. The van der Waals surface area contributed by atoms with Gasteiger partial charge in [-0.2, -0.15) is 0 Å². The summed E-state index contributed by atoms with van der Waals surface area (Å²) in [5, 5.41) is 11.8. The van der Waals surface area contributed by atoms with Crippen LogP contribution in [-0.2, 0) is 5.41 Å². The molecule has 1 aliphatic carbocycles. The van der Waals surface area contributed by atoms with Crippen molar-refractivity contribution >= 4 is 16.9 Å². The van der Waals surface area contributed by atoms with Gasteiger partial charge in [-0.1, -0.05) is 176 Å². The average molecular weight is 670 g/mol. The summed E-state index contributed by atoms with van der Waals surface area (Å²) in [6, 6.07) is 68.2. The number of rotatable bonds is 8. The normalized spacial score (nSPS) is 15.0. The molecule has 0 saturated heterocycles. The summed E-state index contributed by atoms with van der Waals surface area (Å²) >= 11 is 0. The number of nitrogens with zero attached hydrogens (tertiary/aromatic N) is 1. The molecule has 0 spiro atoms. The molecule has 0 saturated carbocycles. The van der Waals surface area contributed by atoms with E-state index < -0.39 is 5.41 Å². The quantitative estimate of drug-likeness (QED) is 0.163. The lowest BCUT2D eigenvalue weighted by molar-refractivity contribution is 0.417. The van der Waals surface area contributed by atoms with Gasteiger partial charge < -0.3 is 10.0 Å². The van der Waals surface area contributed by atoms with Crippen molar-refractivity contribution in [3.63, 3.8) is 0 Å². The first kappa shape index (κ1) is 32.6. The van der Waals surface area contributed by atoms with Crippen molar-refractivity contribution < 1.29 is 5.11 Å². The fraction of sp³-hybridized carbons (Fsp3) is 0.0400. The van der Waals surface area contributed by atoms with Crippen LogP contribution < -0.4 is 4.90 Å². The van der Waals surface area contributed by atoms with Crippen molar-refractivity contribution in [2.75, 3.05) is 4.90 Å². The number of fused-ring (bicyclic) bond motifs is 1. The van der Waals surface area contributed by atoms with Gasteiger partial charge in [-0.15, -0.1) is 0 Å². The maximum absolute atomic E-state index is 11.8. The molecule has 1 N–H and O–H groups in total. The number of benzene rings is 7. The van der Waals surface area contributed by atoms with Gasteiger partial charge in [0.2, 0.25) is 0 Å². The van der Waals surface area contributed by atoms with Crippen LogP contribution in [0.25, 0.3) is 27.8 Å². The molecule has 0 atom stereocenters. The Kier molecular flexibility index (Phi) is 8.73. The smallest absolute Gasteiger partial charge is 0.0974 e. The lowest BCUT2D eigenvalue weighted by atomic mass is 9.66. The van der Waals surface area contributed by atoms with Gasteiger partial charge in [-0.3, -0.25) is 0 Å². The minimum atomic E-state index is -0.770. The van der Waals surface area contributed by atoms with Crippen molar-refractivity contribution in [1.29, 1.82) is 0 Å². The Bertz CT molecular complexity index is 2260. The molecule has 1 aliphatic rings. The zero-order valence-electron chi connectivity index (χ0n) is 29.2. The first-order valence-electron chi connectivity index (χ1n) is 17.7. The van der Waals surface area contributed by atoms with E-state index in [1.165, 1.54) is 0 Å². The van der Waals surface area contributed by atoms with E-state index in [9.17, 15) is 5.11 Å². The van der Waals surface area contributed by atoms with Gasteiger partial charge in [-0.25, -0.2) is 0 Å². The van der Waals surface area contributed by atoms with Crippen molar-refractivity contribution in [2.45, 2.75) is 12.3 Å². The Balaban J connectivity index is 1.46. The number of allylic oxidation sites excluding steroid dienone is 4. The minimum absolute atomic E-state index is 0.259. The van der Waals surface area contributed by atoms with Crippen LogP contribution in [0.3, 0.4) is 0 Å². The van der Waals surface area contributed by atoms with Gasteiger partial charge in [0.1, 0.15) is 0 Å². The molecule has 0 aromatic heterocycles. The van der Waals surface area contributed by atoms with Crippen molar-refractivity contribution in [1.82, 2.24) is 0 Å². The van der Waals surface area contributed by atoms with Gasteiger partial charge >= 0.3 is 0 Å². The summed E-state index contributed by atoms with van der Waals surface area (Å²) in [5.41, 5.74) is 12.8. The number of hydrogen-bond donors (Lipinski definition) is 1. The van der Waals surface area contributed by atoms with Gasteiger partial charge in [0.05, 0.1) is 16.9 Å². The highest BCUT2D eigenvalue weighted by molar-refractivity contribution is 5.97. The summed E-state index contributed by atoms with van der Waals surface area (Å²) in [5.74, 6) is 0.259. The Morgan fingerprint density at radius 3 is 1.31 bits per heavy atom. The summed E-state index contributed by atoms with van der Waals surface area (Å²) in [7, 11) is 0. The second kappa shape index (κ2) is 13.9. The number of anilines is 2. The summed E-state index contributed by atoms with van der Waals surface area (Å²) in [6.07, 6.45) is 1.96. The van der Waals surface area contributed by atoms with Crippen LogP contribution in [0.4, 0.5) is 11.4 Å². The van der Waals surface area contributed by atoms with Gasteiger partial charge in [0.15, 0.2) is 0 Å². The van der Waals surface area contributed by atoms with Crippen LogP contribution in [0.5, 0.6) is 0 Å². The van der Waals surface area contributed by atoms with Crippen LogP contribution >= 0.6 is 0 Å². The molecule has 2 heteroatoms. The number of aliphatic hydroxyl groups is 1. The predicted molar refractivity (Wildman–Crippen MR) is 218 cm³/mol. The molecule has 0 unspecified atom stereocenters. The third-order valence-electron chi connectivity index (χ3n) is 10.2. The Morgan fingerprint density at radius 2 is 0.885 bits per heavy atom. The molecule has 0 aliphatic heterocycles. The lowest BCUT2D eigenvalue weighted by Gasteiger charge is -2.38. The summed E-state index contributed by atoms with van der Waals surface area (Å²) in [6.45, 7) is 6.31. The molecule has 7 aromatic carbocycles. The zero-order chi connectivity index (χ0) is 35.5. The molecule has 0 fully saturated rings. The molecule has 0 bridgehead atoms. The minimum Gasteiger partial charge on any atom is -0.512 e. The van der Waals surface area contributed by atoms with Gasteiger partial charge in [0.25, 0.3) is 0 Å². The molecule has 8 rings (SSSR count). The molecular weight excluding hydrogens is 631 g/mol. The topological polar surface area (TPSA) is 23.5 Å². The average Bonchev–Trinajstić information content (AvgIpc) is 3.53. The third-order valence-corrected chi connectivity index (χ3v) is 10.2. The molecule has 52 heavy (non-hydrogen) atoms. The molecule has 250 valence electrons. The van der Waals surface area contributed by atoms with Crippen molar-refractivity contribution in [3.8, 4) is 22.3 Å². The number of hydrogen-bond acceptors (Lipinski definition) is 2. The molecular formula is C50H39NO. The van der Waals surface area contributed by atoms with Crippen LogP contribution in [0, 0.1) is 0 Å². The fourth-order valence-electron chi connectivity index (χ4n) is 7.92. The summed E-state index contributed by atoms with van der Waals surface area (Å²) in [4.78, 5) is 2.29. The van der Waals surface area contributed by atoms with E-state index in [-0.39, 0.29) is 5.76 Å². The first-order chi connectivity index (χ1) is 25.6. The highest BCUT2D eigenvalue weighted by atomic mass is 16.3. The van der Waals surface area contributed by atoms with E-state index in [0.29, 0.717) is 0 Å². The van der Waals surface area contributed by atoms with E-state index in [0.717, 1.165) is 72.7 Å². The van der Waals surface area contributed by atoms with Crippen molar-refractivity contribution in [2.24, 2.45) is 0 Å². The van der Waals surface area contributed by atoms with Crippen LogP contribution in [-0.4, -0.2) is 5.11 Å². The molecule has 0 radical (unpaired) electrons. The third kappa shape index (κ3) is 5.55. The Labute approximate surface area is 306 Å². The Morgan fingerprint density at radius 1 is 0.500 bits per heavy atom. The molecule has 7 aromatic rings. The van der Waals surface area contributed by atoms with Gasteiger partial charge in [0, 0.05) is 22.5 Å². The highest BCUT2D eigenvalue weighted by Crippen LogP contribution is 2.59. The molecule has 0 heterocycles. The van der Waals surface area contributed by atoms with Crippen LogP contribution in [0.2, 0.25) is 0 Å². The standard InChI is InChI=1S/C50H39NO/c1-3-47(49-48(36(2)52)45-26-16-17-27-46(45)50(49,41-22-12-6-13-23-41)42-24-14-7-15-25-42)51(43-32-28-39(29-33-43)37-18-8-4-9-19-37)44-34-30-40(31-35-44)38-20-10-5-11-21-38/h3-35,52H,1H2,2H3/b48-36+,49-47-. The van der Waals surface area contributed by atoms with E-state index in [1.807, 2.05) is 18.2 Å². The van der Waals surface area contributed by atoms with Crippen LogP contribution in [0.15, 0.2) is 224 Å². The second-order valence-electron chi connectivity index (χ2n) is 13.1. The molecule has 2 nitrogen and oxygen atoms in total. The monoisotopic (exact) mass is 669 g/mol. The predicted octanol–water partition coefficient (Wildman–Crippen LogP) is 12.9. The highest BCUT2D eigenvalue weighted by Gasteiger charge is 2.51. The maximum atomic E-state index is 11.8. The van der Waals surface area contributed by atoms with Crippen LogP contribution in [0.1, 0.15) is 29.2 Å². The van der Waals surface area contributed by atoms with E-state index in [4.69, 9.17) is 0 Å². The number of aliphatic hydroxyl groups excluding tert-OH is 1. The van der Waals surface area contributed by atoms with E-state index in [1.54, 1.807) is 6.92 Å². The zero-order valence-corrected chi connectivity index (χ0v) is 29.2.